The van der Waals surface area contributed by atoms with Crippen LogP contribution in [0.5, 0.6) is 5.75 Å². The van der Waals surface area contributed by atoms with Crippen molar-refractivity contribution in [3.63, 3.8) is 0 Å². The molecular formula is C18H27N3O4. The van der Waals surface area contributed by atoms with E-state index >= 15 is 0 Å². The van der Waals surface area contributed by atoms with Gasteiger partial charge in [-0.3, -0.25) is 10.2 Å². The molecule has 0 aliphatic carbocycles. The van der Waals surface area contributed by atoms with Crippen LogP contribution < -0.4 is 16.0 Å². The van der Waals surface area contributed by atoms with Gasteiger partial charge in [-0.25, -0.2) is 10.6 Å². The number of hydrogen-bond donors (Lipinski definition) is 2. The zero-order chi connectivity index (χ0) is 18.6. The first-order chi connectivity index (χ1) is 11.7. The van der Waals surface area contributed by atoms with Crippen LogP contribution >= 0.6 is 0 Å². The summed E-state index contributed by atoms with van der Waals surface area (Å²) in [6, 6.07) is 5.36. The van der Waals surface area contributed by atoms with Crippen molar-refractivity contribution in [3.8, 4) is 5.75 Å². The van der Waals surface area contributed by atoms with Crippen LogP contribution in [0.2, 0.25) is 0 Å². The molecule has 0 radical (unpaired) electrons. The largest absolute Gasteiger partial charge is 0.490 e. The molecular weight excluding hydrogens is 322 g/mol. The van der Waals surface area contributed by atoms with E-state index in [1.807, 2.05) is 39.8 Å². The Morgan fingerprint density at radius 3 is 2.44 bits per heavy atom. The average molecular weight is 349 g/mol. The van der Waals surface area contributed by atoms with Gasteiger partial charge in [0, 0.05) is 31.5 Å². The molecule has 1 fully saturated rings. The van der Waals surface area contributed by atoms with E-state index in [0.717, 1.165) is 5.56 Å². The summed E-state index contributed by atoms with van der Waals surface area (Å²) in [4.78, 5) is 25.5. The molecule has 1 aromatic rings. The number of piperidine rings is 1. The highest BCUT2D eigenvalue weighted by Crippen LogP contribution is 2.23. The van der Waals surface area contributed by atoms with Crippen LogP contribution in [-0.2, 0) is 4.74 Å². The van der Waals surface area contributed by atoms with Crippen molar-refractivity contribution in [3.05, 3.63) is 29.3 Å². The number of carbonyl (C=O) groups is 2. The second-order valence-electron chi connectivity index (χ2n) is 7.23. The number of nitrogens with one attached hydrogen (secondary N) is 1. The number of carbonyl (C=O) groups excluding carboxylic acids is 2. The maximum Gasteiger partial charge on any atom is 0.410 e. The van der Waals surface area contributed by atoms with Crippen molar-refractivity contribution in [2.45, 2.75) is 52.2 Å². The molecule has 2 amide bonds. The maximum absolute atomic E-state index is 12.1. The van der Waals surface area contributed by atoms with Crippen molar-refractivity contribution in [1.82, 2.24) is 10.3 Å². The van der Waals surface area contributed by atoms with Gasteiger partial charge in [-0.2, -0.15) is 0 Å². The van der Waals surface area contributed by atoms with Crippen LogP contribution in [-0.4, -0.2) is 41.7 Å². The highest BCUT2D eigenvalue weighted by molar-refractivity contribution is 5.95. The van der Waals surface area contributed by atoms with E-state index in [1.54, 1.807) is 11.0 Å². The molecule has 138 valence electrons. The van der Waals surface area contributed by atoms with Crippen LogP contribution in [0, 0.1) is 6.92 Å². The fourth-order valence-electron chi connectivity index (χ4n) is 2.67. The third-order valence-corrected chi connectivity index (χ3v) is 3.98. The Labute approximate surface area is 148 Å². The molecule has 0 unspecified atom stereocenters. The topological polar surface area (TPSA) is 93.9 Å². The number of amides is 2. The van der Waals surface area contributed by atoms with Crippen LogP contribution in [0.25, 0.3) is 0 Å². The third-order valence-electron chi connectivity index (χ3n) is 3.98. The molecule has 0 bridgehead atoms. The van der Waals surface area contributed by atoms with Crippen LogP contribution in [0.1, 0.15) is 49.5 Å². The summed E-state index contributed by atoms with van der Waals surface area (Å²) in [6.45, 7) is 8.57. The van der Waals surface area contributed by atoms with Gasteiger partial charge in [0.25, 0.3) is 5.91 Å². The van der Waals surface area contributed by atoms with Gasteiger partial charge in [-0.05, 0) is 45.4 Å². The number of likely N-dealkylation sites (tertiary alicyclic amines) is 1. The minimum absolute atomic E-state index is 0.00446. The molecule has 0 spiro atoms. The normalized spacial score (nSPS) is 15.6. The minimum Gasteiger partial charge on any atom is -0.490 e. The van der Waals surface area contributed by atoms with E-state index in [9.17, 15) is 9.59 Å². The molecule has 7 nitrogen and oxygen atoms in total. The number of rotatable bonds is 3. The first-order valence-electron chi connectivity index (χ1n) is 8.46. The summed E-state index contributed by atoms with van der Waals surface area (Å²) < 4.78 is 11.4. The lowest BCUT2D eigenvalue weighted by Crippen LogP contribution is -2.44. The van der Waals surface area contributed by atoms with Crippen LogP contribution in [0.4, 0.5) is 4.79 Å². The number of hydrazine groups is 1. The zero-order valence-corrected chi connectivity index (χ0v) is 15.3. The van der Waals surface area contributed by atoms with Gasteiger partial charge in [-0.1, -0.05) is 6.07 Å². The van der Waals surface area contributed by atoms with Gasteiger partial charge in [-0.15, -0.1) is 0 Å². The molecule has 0 aromatic heterocycles. The van der Waals surface area contributed by atoms with E-state index in [1.165, 1.54) is 0 Å². The quantitative estimate of drug-likeness (QED) is 0.496. The molecule has 0 atom stereocenters. The van der Waals surface area contributed by atoms with Crippen molar-refractivity contribution in [2.24, 2.45) is 5.84 Å². The number of hydrogen-bond acceptors (Lipinski definition) is 5. The Bertz CT molecular complexity index is 632. The SMILES string of the molecule is Cc1ccc(OC2CCN(C(=O)OC(C)(C)C)CC2)cc1C(=O)NN. The summed E-state index contributed by atoms with van der Waals surface area (Å²) in [5.41, 5.74) is 2.96. The predicted molar refractivity (Wildman–Crippen MR) is 94.3 cm³/mol. The van der Waals surface area contributed by atoms with Gasteiger partial charge in [0.1, 0.15) is 17.5 Å². The van der Waals surface area contributed by atoms with E-state index < -0.39 is 5.60 Å². The van der Waals surface area contributed by atoms with Gasteiger partial charge in [0.05, 0.1) is 0 Å². The molecule has 1 aromatic carbocycles. The molecule has 0 saturated carbocycles. The molecule has 1 saturated heterocycles. The summed E-state index contributed by atoms with van der Waals surface area (Å²) in [5.74, 6) is 5.49. The maximum atomic E-state index is 12.1. The van der Waals surface area contributed by atoms with Crippen molar-refractivity contribution >= 4 is 12.0 Å². The number of nitrogen functional groups attached to an aromatic ring is 1. The highest BCUT2D eigenvalue weighted by Gasteiger charge is 2.27. The number of benzene rings is 1. The molecule has 2 rings (SSSR count). The van der Waals surface area contributed by atoms with Gasteiger partial charge >= 0.3 is 6.09 Å². The smallest absolute Gasteiger partial charge is 0.410 e. The van der Waals surface area contributed by atoms with Crippen molar-refractivity contribution in [1.29, 1.82) is 0 Å². The zero-order valence-electron chi connectivity index (χ0n) is 15.3. The Morgan fingerprint density at radius 2 is 1.88 bits per heavy atom. The molecule has 7 heteroatoms. The van der Waals surface area contributed by atoms with E-state index in [2.05, 4.69) is 5.43 Å². The molecule has 1 heterocycles. The molecule has 1 aliphatic heterocycles. The van der Waals surface area contributed by atoms with E-state index in [0.29, 0.717) is 37.2 Å². The fourth-order valence-corrected chi connectivity index (χ4v) is 2.67. The summed E-state index contributed by atoms with van der Waals surface area (Å²) >= 11 is 0. The standard InChI is InChI=1S/C18H27N3O4/c1-12-5-6-14(11-15(12)16(22)20-19)24-13-7-9-21(10-8-13)17(23)25-18(2,3)4/h5-6,11,13H,7-10,19H2,1-4H3,(H,20,22). The molecule has 1 aliphatic rings. The predicted octanol–water partition coefficient (Wildman–Crippen LogP) is 2.38. The lowest BCUT2D eigenvalue weighted by atomic mass is 10.1. The Morgan fingerprint density at radius 1 is 1.24 bits per heavy atom. The van der Waals surface area contributed by atoms with E-state index in [-0.39, 0.29) is 18.1 Å². The van der Waals surface area contributed by atoms with Crippen LogP contribution in [0.15, 0.2) is 18.2 Å². The minimum atomic E-state index is -0.494. The van der Waals surface area contributed by atoms with Gasteiger partial charge < -0.3 is 14.4 Å². The van der Waals surface area contributed by atoms with Crippen molar-refractivity contribution < 1.29 is 19.1 Å². The average Bonchev–Trinajstić information content (AvgIpc) is 2.55. The monoisotopic (exact) mass is 349 g/mol. The fraction of sp³-hybridized carbons (Fsp3) is 0.556. The summed E-state index contributed by atoms with van der Waals surface area (Å²) in [5, 5.41) is 0. The number of ether oxygens (including phenoxy) is 2. The Hall–Kier alpha value is -2.28. The highest BCUT2D eigenvalue weighted by atomic mass is 16.6. The second kappa shape index (κ2) is 7.74. The summed E-state index contributed by atoms with van der Waals surface area (Å²) in [7, 11) is 0. The third kappa shape index (κ3) is 5.35. The van der Waals surface area contributed by atoms with Crippen molar-refractivity contribution in [2.75, 3.05) is 13.1 Å². The number of nitrogens with two attached hydrogens (primary N) is 1. The van der Waals surface area contributed by atoms with Gasteiger partial charge in [0.2, 0.25) is 0 Å². The molecule has 3 N–H and O–H groups in total. The van der Waals surface area contributed by atoms with Crippen LogP contribution in [0.3, 0.4) is 0 Å². The first kappa shape index (κ1) is 19.1. The lowest BCUT2D eigenvalue weighted by Gasteiger charge is -2.33. The molecule has 25 heavy (non-hydrogen) atoms. The Balaban J connectivity index is 1.92. The van der Waals surface area contributed by atoms with E-state index in [4.69, 9.17) is 15.3 Å². The summed E-state index contributed by atoms with van der Waals surface area (Å²) in [6.07, 6.45) is 1.13. The van der Waals surface area contributed by atoms with Gasteiger partial charge in [0.15, 0.2) is 0 Å². The second-order valence-corrected chi connectivity index (χ2v) is 7.23. The first-order valence-corrected chi connectivity index (χ1v) is 8.46. The number of nitrogens with zero attached hydrogens (tertiary/aromatic N) is 1. The Kier molecular flexibility index (Phi) is 5.89. The lowest BCUT2D eigenvalue weighted by molar-refractivity contribution is 0.0126. The number of aryl methyl sites for hydroxylation is 1.